The minimum atomic E-state index is -3.23. The van der Waals surface area contributed by atoms with E-state index in [2.05, 4.69) is 14.9 Å². The summed E-state index contributed by atoms with van der Waals surface area (Å²) in [5.41, 5.74) is 2.70. The molecule has 2 aromatic carbocycles. The van der Waals surface area contributed by atoms with E-state index in [9.17, 15) is 12.8 Å². The fraction of sp³-hybridized carbons (Fsp3) is 0.286. The van der Waals surface area contributed by atoms with Gasteiger partial charge in [-0.2, -0.15) is 0 Å². The number of H-pyrrole nitrogens is 1. The number of nitrogens with one attached hydrogen (secondary N) is 1. The predicted octanol–water partition coefficient (Wildman–Crippen LogP) is 3.19. The van der Waals surface area contributed by atoms with Crippen molar-refractivity contribution in [3.63, 3.8) is 0 Å². The SMILES string of the molecule is CS(=O)(=O)c1ccc(-c2cnc([C@@H]3COCCN3Cc3ccc(F)cc3)[nH]2)cc1. The highest BCUT2D eigenvalue weighted by atomic mass is 32.2. The maximum Gasteiger partial charge on any atom is 0.175 e. The molecule has 0 radical (unpaired) electrons. The number of imidazole rings is 1. The Labute approximate surface area is 169 Å². The number of aromatic nitrogens is 2. The molecule has 0 saturated carbocycles. The van der Waals surface area contributed by atoms with Gasteiger partial charge in [-0.1, -0.05) is 24.3 Å². The zero-order valence-corrected chi connectivity index (χ0v) is 16.8. The summed E-state index contributed by atoms with van der Waals surface area (Å²) in [6.07, 6.45) is 2.94. The van der Waals surface area contributed by atoms with Gasteiger partial charge in [0.15, 0.2) is 9.84 Å². The Morgan fingerprint density at radius 2 is 1.90 bits per heavy atom. The predicted molar refractivity (Wildman–Crippen MR) is 108 cm³/mol. The van der Waals surface area contributed by atoms with Gasteiger partial charge in [-0.15, -0.1) is 0 Å². The lowest BCUT2D eigenvalue weighted by Crippen LogP contribution is -2.39. The van der Waals surface area contributed by atoms with Crippen LogP contribution < -0.4 is 0 Å². The van der Waals surface area contributed by atoms with Gasteiger partial charge in [0.1, 0.15) is 11.6 Å². The highest BCUT2D eigenvalue weighted by Gasteiger charge is 2.27. The van der Waals surface area contributed by atoms with Crippen LogP contribution in [-0.4, -0.2) is 49.3 Å². The first-order valence-corrected chi connectivity index (χ1v) is 11.2. The molecule has 29 heavy (non-hydrogen) atoms. The smallest absolute Gasteiger partial charge is 0.175 e. The van der Waals surface area contributed by atoms with E-state index in [-0.39, 0.29) is 16.8 Å². The number of rotatable bonds is 5. The zero-order valence-electron chi connectivity index (χ0n) is 16.0. The van der Waals surface area contributed by atoms with Crippen LogP contribution in [0.15, 0.2) is 59.6 Å². The molecule has 4 rings (SSSR count). The minimum absolute atomic E-state index is 0.0437. The van der Waals surface area contributed by atoms with E-state index in [1.165, 1.54) is 18.4 Å². The second-order valence-electron chi connectivity index (χ2n) is 7.17. The summed E-state index contributed by atoms with van der Waals surface area (Å²) >= 11 is 0. The lowest BCUT2D eigenvalue weighted by Gasteiger charge is -2.34. The van der Waals surface area contributed by atoms with Gasteiger partial charge >= 0.3 is 0 Å². The number of benzene rings is 2. The molecule has 1 N–H and O–H groups in total. The molecule has 0 spiro atoms. The molecule has 0 amide bonds. The second-order valence-corrected chi connectivity index (χ2v) is 9.18. The number of aromatic amines is 1. The molecule has 8 heteroatoms. The van der Waals surface area contributed by atoms with Gasteiger partial charge < -0.3 is 9.72 Å². The molecule has 0 bridgehead atoms. The monoisotopic (exact) mass is 415 g/mol. The quantitative estimate of drug-likeness (QED) is 0.693. The fourth-order valence-corrected chi connectivity index (χ4v) is 4.07. The number of ether oxygens (including phenoxy) is 1. The van der Waals surface area contributed by atoms with Crippen LogP contribution in [0.2, 0.25) is 0 Å². The molecule has 1 fully saturated rings. The van der Waals surface area contributed by atoms with E-state index >= 15 is 0 Å². The number of sulfone groups is 1. The summed E-state index contributed by atoms with van der Waals surface area (Å²) in [4.78, 5) is 10.4. The summed E-state index contributed by atoms with van der Waals surface area (Å²) in [6, 6.07) is 13.2. The van der Waals surface area contributed by atoms with Crippen LogP contribution in [0.3, 0.4) is 0 Å². The number of morpholine rings is 1. The topological polar surface area (TPSA) is 75.3 Å². The van der Waals surface area contributed by atoms with Crippen LogP contribution in [0.5, 0.6) is 0 Å². The van der Waals surface area contributed by atoms with Crippen molar-refractivity contribution in [3.05, 3.63) is 71.9 Å². The maximum absolute atomic E-state index is 13.2. The number of hydrogen-bond acceptors (Lipinski definition) is 5. The van der Waals surface area contributed by atoms with Gasteiger partial charge in [-0.3, -0.25) is 4.90 Å². The summed E-state index contributed by atoms with van der Waals surface area (Å²) in [5.74, 6) is 0.541. The van der Waals surface area contributed by atoms with Crippen LogP contribution in [0.4, 0.5) is 4.39 Å². The summed E-state index contributed by atoms with van der Waals surface area (Å²) in [7, 11) is -3.23. The number of halogens is 1. The third-order valence-electron chi connectivity index (χ3n) is 5.04. The maximum atomic E-state index is 13.2. The third-order valence-corrected chi connectivity index (χ3v) is 6.17. The van der Waals surface area contributed by atoms with Crippen molar-refractivity contribution in [2.45, 2.75) is 17.5 Å². The van der Waals surface area contributed by atoms with Crippen molar-refractivity contribution in [2.75, 3.05) is 26.0 Å². The summed E-state index contributed by atoms with van der Waals surface area (Å²) in [6.45, 7) is 2.58. The molecule has 1 saturated heterocycles. The molecule has 0 unspecified atom stereocenters. The Bertz CT molecular complexity index is 1080. The Hall–Kier alpha value is -2.55. The average molecular weight is 415 g/mol. The largest absolute Gasteiger partial charge is 0.378 e. The molecule has 1 aliphatic heterocycles. The molecule has 1 aromatic heterocycles. The molecular weight excluding hydrogens is 393 g/mol. The first-order chi connectivity index (χ1) is 13.9. The van der Waals surface area contributed by atoms with Gasteiger partial charge in [0.05, 0.1) is 36.0 Å². The van der Waals surface area contributed by atoms with Crippen molar-refractivity contribution < 1.29 is 17.5 Å². The van der Waals surface area contributed by atoms with Crippen molar-refractivity contribution >= 4 is 9.84 Å². The van der Waals surface area contributed by atoms with Crippen molar-refractivity contribution in [2.24, 2.45) is 0 Å². The number of nitrogens with zero attached hydrogens (tertiary/aromatic N) is 2. The van der Waals surface area contributed by atoms with Gasteiger partial charge in [0.2, 0.25) is 0 Å². The van der Waals surface area contributed by atoms with E-state index in [1.807, 2.05) is 0 Å². The van der Waals surface area contributed by atoms with Gasteiger partial charge in [0.25, 0.3) is 0 Å². The normalized spacial score (nSPS) is 18.1. The number of hydrogen-bond donors (Lipinski definition) is 1. The van der Waals surface area contributed by atoms with E-state index in [4.69, 9.17) is 4.74 Å². The minimum Gasteiger partial charge on any atom is -0.378 e. The highest BCUT2D eigenvalue weighted by Crippen LogP contribution is 2.27. The van der Waals surface area contributed by atoms with E-state index < -0.39 is 9.84 Å². The Morgan fingerprint density at radius 1 is 1.17 bits per heavy atom. The molecule has 0 aliphatic carbocycles. The second kappa shape index (κ2) is 8.06. The molecule has 3 aromatic rings. The molecule has 2 heterocycles. The average Bonchev–Trinajstić information content (AvgIpc) is 3.20. The van der Waals surface area contributed by atoms with Crippen LogP contribution in [-0.2, 0) is 21.1 Å². The van der Waals surface area contributed by atoms with Crippen LogP contribution in [0.25, 0.3) is 11.3 Å². The summed E-state index contributed by atoms with van der Waals surface area (Å²) < 4.78 is 42.1. The Kier molecular flexibility index (Phi) is 5.49. The van der Waals surface area contributed by atoms with Crippen molar-refractivity contribution in [1.82, 2.24) is 14.9 Å². The molecule has 1 atom stereocenters. The first-order valence-electron chi connectivity index (χ1n) is 9.32. The van der Waals surface area contributed by atoms with Crippen molar-refractivity contribution in [3.8, 4) is 11.3 Å². The van der Waals surface area contributed by atoms with Gasteiger partial charge in [-0.25, -0.2) is 17.8 Å². The zero-order chi connectivity index (χ0) is 20.4. The lowest BCUT2D eigenvalue weighted by molar-refractivity contribution is -0.0156. The molecular formula is C21H22FN3O3S. The Morgan fingerprint density at radius 3 is 2.59 bits per heavy atom. The van der Waals surface area contributed by atoms with E-state index in [0.29, 0.717) is 19.8 Å². The van der Waals surface area contributed by atoms with E-state index in [0.717, 1.165) is 29.2 Å². The van der Waals surface area contributed by atoms with Crippen molar-refractivity contribution in [1.29, 1.82) is 0 Å². The van der Waals surface area contributed by atoms with Gasteiger partial charge in [0, 0.05) is 19.3 Å². The first kappa shape index (κ1) is 19.8. The van der Waals surface area contributed by atoms with E-state index in [1.54, 1.807) is 42.6 Å². The van der Waals surface area contributed by atoms with Crippen LogP contribution >= 0.6 is 0 Å². The molecule has 6 nitrogen and oxygen atoms in total. The Balaban J connectivity index is 1.54. The molecule has 1 aliphatic rings. The standard InChI is InChI=1S/C21H22FN3O3S/c1-29(26,27)18-8-4-16(5-9-18)19-12-23-21(24-19)20-14-28-11-10-25(20)13-15-2-6-17(22)7-3-15/h2-9,12,20H,10-11,13-14H2,1H3,(H,23,24)/t20-/m0/s1. The lowest BCUT2D eigenvalue weighted by atomic mass is 10.1. The van der Waals surface area contributed by atoms with Gasteiger partial charge in [-0.05, 0) is 35.4 Å². The molecule has 152 valence electrons. The van der Waals surface area contributed by atoms with Crippen LogP contribution in [0.1, 0.15) is 17.4 Å². The summed E-state index contributed by atoms with van der Waals surface area (Å²) in [5, 5.41) is 0. The van der Waals surface area contributed by atoms with Crippen LogP contribution in [0, 0.1) is 5.82 Å². The highest BCUT2D eigenvalue weighted by molar-refractivity contribution is 7.90. The fourth-order valence-electron chi connectivity index (χ4n) is 3.44. The third kappa shape index (κ3) is 4.55.